The van der Waals surface area contributed by atoms with Gasteiger partial charge in [-0.2, -0.15) is 14.6 Å². The summed E-state index contributed by atoms with van der Waals surface area (Å²) in [6.45, 7) is 7.92. The number of benzene rings is 1. The number of aryl methyl sites for hydroxylation is 1. The van der Waals surface area contributed by atoms with E-state index in [9.17, 15) is 0 Å². The highest BCUT2D eigenvalue weighted by atomic mass is 16.5. The number of fused-ring (bicyclic) bond motifs is 1. The van der Waals surface area contributed by atoms with E-state index in [2.05, 4.69) is 20.4 Å². The fourth-order valence-electron chi connectivity index (χ4n) is 2.41. The number of nitrogens with zero attached hydrogens (tertiary/aromatic N) is 4. The highest BCUT2D eigenvalue weighted by Gasteiger charge is 2.13. The van der Waals surface area contributed by atoms with Gasteiger partial charge in [0.1, 0.15) is 12.1 Å². The number of rotatable bonds is 5. The Morgan fingerprint density at radius 3 is 2.67 bits per heavy atom. The molecule has 2 heterocycles. The Morgan fingerprint density at radius 1 is 1.17 bits per heavy atom. The van der Waals surface area contributed by atoms with E-state index in [1.165, 1.54) is 6.33 Å². The molecule has 2 aromatic heterocycles. The summed E-state index contributed by atoms with van der Waals surface area (Å²) in [7, 11) is 1.63. The van der Waals surface area contributed by atoms with Crippen LogP contribution in [0, 0.1) is 13.8 Å². The van der Waals surface area contributed by atoms with Gasteiger partial charge in [0.25, 0.3) is 5.78 Å². The summed E-state index contributed by atoms with van der Waals surface area (Å²) < 4.78 is 12.9. The fraction of sp³-hybridized carbons (Fsp3) is 0.353. The van der Waals surface area contributed by atoms with Crippen LogP contribution in [0.15, 0.2) is 24.5 Å². The second-order valence-corrected chi connectivity index (χ2v) is 5.80. The van der Waals surface area contributed by atoms with Gasteiger partial charge in [-0.3, -0.25) is 0 Å². The maximum absolute atomic E-state index is 5.75. The Balaban J connectivity index is 2.00. The number of nitrogens with one attached hydrogen (secondary N) is 1. The first kappa shape index (κ1) is 16.0. The van der Waals surface area contributed by atoms with Crippen LogP contribution in [0.5, 0.6) is 11.5 Å². The Hall–Kier alpha value is -2.83. The van der Waals surface area contributed by atoms with E-state index in [1.807, 2.05) is 45.9 Å². The zero-order valence-corrected chi connectivity index (χ0v) is 14.5. The first-order chi connectivity index (χ1) is 11.5. The molecular formula is C17H21N5O2. The Kier molecular flexibility index (Phi) is 4.24. The lowest BCUT2D eigenvalue weighted by Crippen LogP contribution is -2.08. The van der Waals surface area contributed by atoms with Crippen LogP contribution >= 0.6 is 0 Å². The minimum atomic E-state index is 0.0811. The molecule has 0 atom stereocenters. The summed E-state index contributed by atoms with van der Waals surface area (Å²) in [6.07, 6.45) is 1.57. The van der Waals surface area contributed by atoms with Gasteiger partial charge >= 0.3 is 0 Å². The molecule has 0 aliphatic heterocycles. The van der Waals surface area contributed by atoms with Crippen molar-refractivity contribution in [3.05, 3.63) is 35.8 Å². The predicted molar refractivity (Wildman–Crippen MR) is 92.3 cm³/mol. The lowest BCUT2D eigenvalue weighted by molar-refractivity contribution is 0.230. The van der Waals surface area contributed by atoms with Crippen molar-refractivity contribution >= 4 is 17.3 Å². The summed E-state index contributed by atoms with van der Waals surface area (Å²) >= 11 is 0. The smallest absolute Gasteiger partial charge is 0.254 e. The van der Waals surface area contributed by atoms with Crippen LogP contribution in [0.2, 0.25) is 0 Å². The molecule has 7 heteroatoms. The highest BCUT2D eigenvalue weighted by molar-refractivity contribution is 5.65. The number of anilines is 2. The predicted octanol–water partition coefficient (Wildman–Crippen LogP) is 3.28. The molecule has 0 aliphatic carbocycles. The van der Waals surface area contributed by atoms with E-state index in [0.717, 1.165) is 22.8 Å². The molecule has 24 heavy (non-hydrogen) atoms. The van der Waals surface area contributed by atoms with Gasteiger partial charge in [-0.15, -0.1) is 0 Å². The summed E-state index contributed by atoms with van der Waals surface area (Å²) in [5, 5.41) is 7.62. The molecule has 0 saturated carbocycles. The third kappa shape index (κ3) is 2.97. The van der Waals surface area contributed by atoms with Gasteiger partial charge in [0.05, 0.1) is 13.2 Å². The van der Waals surface area contributed by atoms with Crippen molar-refractivity contribution in [3.8, 4) is 11.5 Å². The van der Waals surface area contributed by atoms with Crippen LogP contribution in [0.3, 0.4) is 0 Å². The maximum atomic E-state index is 5.75. The van der Waals surface area contributed by atoms with E-state index in [0.29, 0.717) is 17.3 Å². The standard InChI is InChI=1S/C17H21N5O2/c1-10(2)24-14-7-6-13(8-15(14)23-5)21-16-11(3)12(4)20-17-18-9-19-22(16)17/h6-10,21H,1-5H3. The zero-order valence-electron chi connectivity index (χ0n) is 14.5. The number of hydrogen-bond donors (Lipinski definition) is 1. The Bertz CT molecular complexity index is 873. The second-order valence-electron chi connectivity index (χ2n) is 5.80. The molecule has 0 aliphatic rings. The third-order valence-corrected chi connectivity index (χ3v) is 3.70. The fourth-order valence-corrected chi connectivity index (χ4v) is 2.41. The third-order valence-electron chi connectivity index (χ3n) is 3.70. The molecule has 0 unspecified atom stereocenters. The molecule has 0 radical (unpaired) electrons. The minimum absolute atomic E-state index is 0.0811. The van der Waals surface area contributed by atoms with Gasteiger partial charge in [-0.25, -0.2) is 4.98 Å². The number of aromatic nitrogens is 4. The zero-order chi connectivity index (χ0) is 17.3. The van der Waals surface area contributed by atoms with Gasteiger partial charge in [0.15, 0.2) is 11.5 Å². The summed E-state index contributed by atoms with van der Waals surface area (Å²) in [5.41, 5.74) is 2.78. The normalized spacial score (nSPS) is 11.1. The van der Waals surface area contributed by atoms with Crippen molar-refractivity contribution in [1.82, 2.24) is 19.6 Å². The molecule has 0 bridgehead atoms. The lowest BCUT2D eigenvalue weighted by Gasteiger charge is -2.16. The largest absolute Gasteiger partial charge is 0.493 e. The average Bonchev–Trinajstić information content (AvgIpc) is 3.00. The van der Waals surface area contributed by atoms with Crippen molar-refractivity contribution in [3.63, 3.8) is 0 Å². The van der Waals surface area contributed by atoms with Crippen molar-refractivity contribution in [1.29, 1.82) is 0 Å². The Morgan fingerprint density at radius 2 is 1.96 bits per heavy atom. The van der Waals surface area contributed by atoms with Crippen LogP contribution in [0.25, 0.3) is 5.78 Å². The van der Waals surface area contributed by atoms with Gasteiger partial charge in [0.2, 0.25) is 0 Å². The molecule has 1 aromatic carbocycles. The molecule has 0 amide bonds. The first-order valence-corrected chi connectivity index (χ1v) is 7.78. The second kappa shape index (κ2) is 6.35. The van der Waals surface area contributed by atoms with E-state index < -0.39 is 0 Å². The monoisotopic (exact) mass is 327 g/mol. The SMILES string of the molecule is COc1cc(Nc2c(C)c(C)nc3ncnn23)ccc1OC(C)C. The Labute approximate surface area is 140 Å². The van der Waals surface area contributed by atoms with Crippen LogP contribution in [-0.4, -0.2) is 32.8 Å². The number of ether oxygens (including phenoxy) is 2. The number of hydrogen-bond acceptors (Lipinski definition) is 6. The average molecular weight is 327 g/mol. The molecule has 0 saturated heterocycles. The molecular weight excluding hydrogens is 306 g/mol. The number of methoxy groups -OCH3 is 1. The van der Waals surface area contributed by atoms with Gasteiger partial charge in [-0.05, 0) is 39.8 Å². The minimum Gasteiger partial charge on any atom is -0.493 e. The van der Waals surface area contributed by atoms with E-state index in [1.54, 1.807) is 11.6 Å². The van der Waals surface area contributed by atoms with Crippen LogP contribution in [0.4, 0.5) is 11.5 Å². The highest BCUT2D eigenvalue weighted by Crippen LogP contribution is 2.32. The van der Waals surface area contributed by atoms with Crippen LogP contribution < -0.4 is 14.8 Å². The van der Waals surface area contributed by atoms with E-state index in [-0.39, 0.29) is 6.10 Å². The summed E-state index contributed by atoms with van der Waals surface area (Å²) in [4.78, 5) is 8.58. The van der Waals surface area contributed by atoms with Crippen LogP contribution in [-0.2, 0) is 0 Å². The summed E-state index contributed by atoms with van der Waals surface area (Å²) in [6, 6.07) is 5.73. The molecule has 126 valence electrons. The molecule has 0 fully saturated rings. The van der Waals surface area contributed by atoms with Gasteiger partial charge < -0.3 is 14.8 Å². The first-order valence-electron chi connectivity index (χ1n) is 7.78. The van der Waals surface area contributed by atoms with Crippen LogP contribution in [0.1, 0.15) is 25.1 Å². The van der Waals surface area contributed by atoms with E-state index >= 15 is 0 Å². The van der Waals surface area contributed by atoms with Crippen molar-refractivity contribution in [2.45, 2.75) is 33.8 Å². The van der Waals surface area contributed by atoms with Gasteiger partial charge in [0, 0.05) is 23.0 Å². The maximum Gasteiger partial charge on any atom is 0.254 e. The topological polar surface area (TPSA) is 73.6 Å². The molecule has 7 nitrogen and oxygen atoms in total. The van der Waals surface area contributed by atoms with Gasteiger partial charge in [-0.1, -0.05) is 0 Å². The summed E-state index contributed by atoms with van der Waals surface area (Å²) in [5.74, 6) is 2.78. The van der Waals surface area contributed by atoms with Crippen molar-refractivity contribution in [2.75, 3.05) is 12.4 Å². The quantitative estimate of drug-likeness (QED) is 0.775. The molecule has 1 N–H and O–H groups in total. The molecule has 3 rings (SSSR count). The lowest BCUT2D eigenvalue weighted by atomic mass is 10.2. The van der Waals surface area contributed by atoms with Crippen molar-refractivity contribution < 1.29 is 9.47 Å². The molecule has 0 spiro atoms. The molecule has 3 aromatic rings. The van der Waals surface area contributed by atoms with Crippen molar-refractivity contribution in [2.24, 2.45) is 0 Å². The van der Waals surface area contributed by atoms with E-state index in [4.69, 9.17) is 9.47 Å².